The van der Waals surface area contributed by atoms with Crippen molar-refractivity contribution in [2.24, 2.45) is 0 Å². The van der Waals surface area contributed by atoms with Crippen molar-refractivity contribution in [3.05, 3.63) is 65.2 Å². The first kappa shape index (κ1) is 20.6. The lowest BCUT2D eigenvalue weighted by molar-refractivity contribution is 0.0784. The van der Waals surface area contributed by atoms with Crippen LogP contribution in [0, 0.1) is 6.92 Å². The van der Waals surface area contributed by atoms with E-state index in [-0.39, 0.29) is 16.8 Å². The Hall–Kier alpha value is -2.18. The van der Waals surface area contributed by atoms with Crippen LogP contribution < -0.4 is 0 Å². The Kier molecular flexibility index (Phi) is 6.20. The second kappa shape index (κ2) is 8.45. The van der Waals surface area contributed by atoms with Gasteiger partial charge in [-0.1, -0.05) is 36.8 Å². The van der Waals surface area contributed by atoms with Crippen molar-refractivity contribution in [3.63, 3.8) is 0 Å². The fourth-order valence-electron chi connectivity index (χ4n) is 3.69. The normalized spacial score (nSPS) is 18.0. The lowest BCUT2D eigenvalue weighted by Gasteiger charge is -2.32. The highest BCUT2D eigenvalue weighted by Crippen LogP contribution is 2.26. The number of carbonyl (C=O) groups excluding carboxylic acids is 1. The van der Waals surface area contributed by atoms with Crippen LogP contribution in [0.2, 0.25) is 0 Å². The fourth-order valence-corrected chi connectivity index (χ4v) is 5.43. The smallest absolute Gasteiger partial charge is 0.253 e. The van der Waals surface area contributed by atoms with Crippen LogP contribution >= 0.6 is 0 Å². The third-order valence-corrected chi connectivity index (χ3v) is 7.45. The van der Waals surface area contributed by atoms with Gasteiger partial charge in [-0.15, -0.1) is 0 Å². The molecule has 0 saturated carbocycles. The van der Waals surface area contributed by atoms with E-state index in [0.29, 0.717) is 18.7 Å². The largest absolute Gasteiger partial charge is 0.337 e. The highest BCUT2D eigenvalue weighted by molar-refractivity contribution is 7.89. The van der Waals surface area contributed by atoms with E-state index in [9.17, 15) is 13.2 Å². The maximum atomic E-state index is 13.1. The quantitative estimate of drug-likeness (QED) is 0.766. The summed E-state index contributed by atoms with van der Waals surface area (Å²) in [6.07, 6.45) is 2.80. The van der Waals surface area contributed by atoms with Crippen LogP contribution in [0.3, 0.4) is 0 Å². The topological polar surface area (TPSA) is 57.7 Å². The molecule has 2 aromatic carbocycles. The van der Waals surface area contributed by atoms with Gasteiger partial charge in [0.25, 0.3) is 5.91 Å². The van der Waals surface area contributed by atoms with E-state index in [1.54, 1.807) is 34.5 Å². The Morgan fingerprint density at radius 1 is 1.14 bits per heavy atom. The number of nitrogens with zero attached hydrogens (tertiary/aromatic N) is 2. The standard InChI is InChI=1S/C22H28N2O3S/c1-17-9-4-5-11-20(17)16-23(3)22(25)19-12-8-13-21(15-19)28(26,27)24-14-7-6-10-18(24)2/h4-5,8-9,11-13,15,18H,6-7,10,14,16H2,1-3H3/t18-/m0/s1. The molecule has 1 aliphatic rings. The fraction of sp³-hybridized carbons (Fsp3) is 0.409. The molecule has 0 aromatic heterocycles. The molecule has 5 nitrogen and oxygen atoms in total. The van der Waals surface area contributed by atoms with Gasteiger partial charge in [0.1, 0.15) is 0 Å². The van der Waals surface area contributed by atoms with Crippen LogP contribution in [-0.4, -0.2) is 43.2 Å². The van der Waals surface area contributed by atoms with Crippen LogP contribution in [0.1, 0.15) is 47.7 Å². The summed E-state index contributed by atoms with van der Waals surface area (Å²) < 4.78 is 27.7. The summed E-state index contributed by atoms with van der Waals surface area (Å²) in [6.45, 7) is 4.98. The number of sulfonamides is 1. The number of amides is 1. The Morgan fingerprint density at radius 3 is 2.61 bits per heavy atom. The van der Waals surface area contributed by atoms with Crippen molar-refractivity contribution in [3.8, 4) is 0 Å². The molecule has 0 N–H and O–H groups in total. The molecule has 1 heterocycles. The minimum Gasteiger partial charge on any atom is -0.337 e. The zero-order chi connectivity index (χ0) is 20.3. The van der Waals surface area contributed by atoms with Crippen LogP contribution in [0.4, 0.5) is 0 Å². The lowest BCUT2D eigenvalue weighted by Crippen LogP contribution is -2.42. The summed E-state index contributed by atoms with van der Waals surface area (Å²) in [6, 6.07) is 14.3. The van der Waals surface area contributed by atoms with E-state index < -0.39 is 10.0 Å². The van der Waals surface area contributed by atoms with Gasteiger partial charge >= 0.3 is 0 Å². The van der Waals surface area contributed by atoms with Crippen LogP contribution in [0.5, 0.6) is 0 Å². The monoisotopic (exact) mass is 400 g/mol. The molecular formula is C22H28N2O3S. The van der Waals surface area contributed by atoms with Gasteiger partial charge in [-0.2, -0.15) is 4.31 Å². The van der Waals surface area contributed by atoms with Crippen molar-refractivity contribution in [2.45, 2.75) is 50.6 Å². The Balaban J connectivity index is 1.82. The molecule has 1 amide bonds. The molecule has 28 heavy (non-hydrogen) atoms. The Labute approximate surface area is 168 Å². The molecule has 0 spiro atoms. The van der Waals surface area contributed by atoms with Gasteiger partial charge in [0.05, 0.1) is 4.90 Å². The molecule has 0 radical (unpaired) electrons. The number of hydrogen-bond donors (Lipinski definition) is 0. The van der Waals surface area contributed by atoms with Crippen LogP contribution in [0.15, 0.2) is 53.4 Å². The summed E-state index contributed by atoms with van der Waals surface area (Å²) in [4.78, 5) is 14.7. The first-order valence-electron chi connectivity index (χ1n) is 9.72. The van der Waals surface area contributed by atoms with Gasteiger partial charge in [-0.3, -0.25) is 4.79 Å². The van der Waals surface area contributed by atoms with Crippen LogP contribution in [-0.2, 0) is 16.6 Å². The molecular weight excluding hydrogens is 372 g/mol. The number of aryl methyl sites for hydroxylation is 1. The molecule has 0 aliphatic carbocycles. The number of hydrogen-bond acceptors (Lipinski definition) is 3. The Morgan fingerprint density at radius 2 is 1.89 bits per heavy atom. The molecule has 2 aromatic rings. The van der Waals surface area contributed by atoms with Crippen molar-refractivity contribution >= 4 is 15.9 Å². The molecule has 0 bridgehead atoms. The SMILES string of the molecule is Cc1ccccc1CN(C)C(=O)c1cccc(S(=O)(=O)N2CCCC[C@@H]2C)c1. The molecule has 0 unspecified atom stereocenters. The molecule has 3 rings (SSSR count). The number of rotatable bonds is 5. The number of piperidine rings is 1. The maximum absolute atomic E-state index is 13.1. The summed E-state index contributed by atoms with van der Waals surface area (Å²) in [7, 11) is -1.86. The zero-order valence-electron chi connectivity index (χ0n) is 16.8. The molecule has 1 saturated heterocycles. The average molecular weight is 401 g/mol. The van der Waals surface area contributed by atoms with Gasteiger partial charge in [-0.05, 0) is 56.0 Å². The summed E-state index contributed by atoms with van der Waals surface area (Å²) in [5.41, 5.74) is 2.59. The van der Waals surface area contributed by atoms with Crippen molar-refractivity contribution < 1.29 is 13.2 Å². The van der Waals surface area contributed by atoms with Crippen molar-refractivity contribution in [1.82, 2.24) is 9.21 Å². The van der Waals surface area contributed by atoms with E-state index in [4.69, 9.17) is 0 Å². The lowest BCUT2D eigenvalue weighted by atomic mass is 10.1. The van der Waals surface area contributed by atoms with E-state index in [1.165, 1.54) is 6.07 Å². The minimum atomic E-state index is -3.60. The molecule has 1 fully saturated rings. The highest BCUT2D eigenvalue weighted by Gasteiger charge is 2.31. The third kappa shape index (κ3) is 4.28. The first-order valence-corrected chi connectivity index (χ1v) is 11.2. The first-order chi connectivity index (χ1) is 13.3. The third-order valence-electron chi connectivity index (χ3n) is 5.45. The number of carbonyl (C=O) groups is 1. The summed E-state index contributed by atoms with van der Waals surface area (Å²) in [5, 5.41) is 0. The van der Waals surface area contributed by atoms with Gasteiger partial charge in [0.15, 0.2) is 0 Å². The Bertz CT molecular complexity index is 956. The van der Waals surface area contributed by atoms with Gasteiger partial charge in [0, 0.05) is 31.7 Å². The van der Waals surface area contributed by atoms with E-state index in [1.807, 2.05) is 38.1 Å². The van der Waals surface area contributed by atoms with E-state index in [2.05, 4.69) is 0 Å². The second-order valence-electron chi connectivity index (χ2n) is 7.58. The zero-order valence-corrected chi connectivity index (χ0v) is 17.6. The van der Waals surface area contributed by atoms with Crippen LogP contribution in [0.25, 0.3) is 0 Å². The maximum Gasteiger partial charge on any atom is 0.253 e. The van der Waals surface area contributed by atoms with Gasteiger partial charge in [-0.25, -0.2) is 8.42 Å². The van der Waals surface area contributed by atoms with E-state index in [0.717, 1.165) is 30.4 Å². The minimum absolute atomic E-state index is 0.0122. The predicted molar refractivity (Wildman–Crippen MR) is 111 cm³/mol. The molecule has 6 heteroatoms. The summed E-state index contributed by atoms with van der Waals surface area (Å²) >= 11 is 0. The van der Waals surface area contributed by atoms with E-state index >= 15 is 0 Å². The second-order valence-corrected chi connectivity index (χ2v) is 9.47. The molecule has 150 valence electrons. The van der Waals surface area contributed by atoms with Gasteiger partial charge < -0.3 is 4.90 Å². The molecule has 1 aliphatic heterocycles. The van der Waals surface area contributed by atoms with Crippen molar-refractivity contribution in [1.29, 1.82) is 0 Å². The molecule has 1 atom stereocenters. The van der Waals surface area contributed by atoms with Gasteiger partial charge in [0.2, 0.25) is 10.0 Å². The average Bonchev–Trinajstić information content (AvgIpc) is 2.69. The predicted octanol–water partition coefficient (Wildman–Crippen LogP) is 3.83. The number of benzene rings is 2. The van der Waals surface area contributed by atoms with Crippen molar-refractivity contribution in [2.75, 3.05) is 13.6 Å². The summed E-state index contributed by atoms with van der Waals surface area (Å²) in [5.74, 6) is -0.188. The highest BCUT2D eigenvalue weighted by atomic mass is 32.2.